The summed E-state index contributed by atoms with van der Waals surface area (Å²) in [6.07, 6.45) is 2.41. The molecule has 1 aliphatic heterocycles. The summed E-state index contributed by atoms with van der Waals surface area (Å²) in [4.78, 5) is 24.0. The van der Waals surface area contributed by atoms with Gasteiger partial charge in [0.05, 0.1) is 30.4 Å². The molecule has 1 saturated heterocycles. The molecule has 1 amide bonds. The van der Waals surface area contributed by atoms with E-state index < -0.39 is 5.60 Å². The number of fused-ring (bicyclic) bond motifs is 1. The van der Waals surface area contributed by atoms with Gasteiger partial charge in [0.1, 0.15) is 5.60 Å². The van der Waals surface area contributed by atoms with Gasteiger partial charge in [-0.2, -0.15) is 0 Å². The molecule has 6 nitrogen and oxygen atoms in total. The van der Waals surface area contributed by atoms with Crippen molar-refractivity contribution >= 4 is 12.1 Å². The molecule has 1 aromatic rings. The molecule has 0 radical (unpaired) electrons. The lowest BCUT2D eigenvalue weighted by atomic mass is 9.63. The summed E-state index contributed by atoms with van der Waals surface area (Å²) in [6.45, 7) is 8.20. The van der Waals surface area contributed by atoms with Crippen LogP contribution in [0.25, 0.3) is 0 Å². The number of nitrogens with one attached hydrogen (secondary N) is 1. The van der Waals surface area contributed by atoms with E-state index in [1.54, 1.807) is 19.1 Å². The third-order valence-corrected chi connectivity index (χ3v) is 5.30. The lowest BCUT2D eigenvalue weighted by molar-refractivity contribution is -0.117. The van der Waals surface area contributed by atoms with E-state index in [1.165, 1.54) is 0 Å². The van der Waals surface area contributed by atoms with Crippen LogP contribution in [0.1, 0.15) is 69.0 Å². The lowest BCUT2D eigenvalue weighted by Gasteiger charge is -2.54. The molecule has 2 aliphatic rings. The van der Waals surface area contributed by atoms with Crippen LogP contribution in [0.5, 0.6) is 0 Å². The molecule has 0 spiro atoms. The zero-order valence-electron chi connectivity index (χ0n) is 16.5. The summed E-state index contributed by atoms with van der Waals surface area (Å²) < 4.78 is 16.5. The number of hydrogen-bond donors (Lipinski definition) is 1. The van der Waals surface area contributed by atoms with Gasteiger partial charge in [-0.05, 0) is 70.6 Å². The maximum absolute atomic E-state index is 12.2. The van der Waals surface area contributed by atoms with Gasteiger partial charge in [0.25, 0.3) is 0 Å². The number of esters is 1. The van der Waals surface area contributed by atoms with E-state index in [9.17, 15) is 9.59 Å². The van der Waals surface area contributed by atoms with Crippen LogP contribution < -0.4 is 5.32 Å². The zero-order chi connectivity index (χ0) is 19.7. The van der Waals surface area contributed by atoms with Gasteiger partial charge in [-0.1, -0.05) is 12.1 Å². The Hall–Kier alpha value is -2.08. The molecule has 1 N–H and O–H groups in total. The summed E-state index contributed by atoms with van der Waals surface area (Å²) >= 11 is 0. The van der Waals surface area contributed by atoms with Crippen LogP contribution in [-0.4, -0.2) is 36.4 Å². The second kappa shape index (κ2) is 7.50. The smallest absolute Gasteiger partial charge is 0.408 e. The number of hydrogen-bond acceptors (Lipinski definition) is 5. The quantitative estimate of drug-likeness (QED) is 0.805. The molecule has 27 heavy (non-hydrogen) atoms. The maximum Gasteiger partial charge on any atom is 0.408 e. The molecule has 1 heterocycles. The van der Waals surface area contributed by atoms with Crippen LogP contribution in [0.15, 0.2) is 24.3 Å². The maximum atomic E-state index is 12.2. The molecule has 3 rings (SSSR count). The van der Waals surface area contributed by atoms with Crippen molar-refractivity contribution < 1.29 is 23.8 Å². The van der Waals surface area contributed by atoms with Gasteiger partial charge in [0, 0.05) is 0 Å². The van der Waals surface area contributed by atoms with Crippen molar-refractivity contribution in [3.63, 3.8) is 0 Å². The molecule has 1 saturated carbocycles. The highest BCUT2D eigenvalue weighted by molar-refractivity contribution is 5.89. The number of amides is 1. The molecule has 2 fully saturated rings. The third-order valence-electron chi connectivity index (χ3n) is 5.30. The highest BCUT2D eigenvalue weighted by Gasteiger charge is 2.52. The van der Waals surface area contributed by atoms with Gasteiger partial charge in [-0.3, -0.25) is 0 Å². The molecular formula is C21H29NO5. The first-order chi connectivity index (χ1) is 12.7. The van der Waals surface area contributed by atoms with E-state index in [2.05, 4.69) is 5.32 Å². The fourth-order valence-corrected chi connectivity index (χ4v) is 3.79. The molecule has 2 unspecified atom stereocenters. The lowest BCUT2D eigenvalue weighted by Crippen LogP contribution is -2.65. The summed E-state index contributed by atoms with van der Waals surface area (Å²) in [6, 6.07) is 7.39. The van der Waals surface area contributed by atoms with Crippen LogP contribution in [0, 0.1) is 5.92 Å². The fraction of sp³-hybridized carbons (Fsp3) is 0.619. The molecular weight excluding hydrogens is 346 g/mol. The topological polar surface area (TPSA) is 73.9 Å². The number of ether oxygens (including phenoxy) is 3. The predicted molar refractivity (Wildman–Crippen MR) is 101 cm³/mol. The average molecular weight is 375 g/mol. The van der Waals surface area contributed by atoms with Crippen molar-refractivity contribution in [3.05, 3.63) is 35.4 Å². The fourth-order valence-electron chi connectivity index (χ4n) is 3.79. The number of carbonyl (C=O) groups is 2. The molecule has 1 aliphatic carbocycles. The van der Waals surface area contributed by atoms with Gasteiger partial charge >= 0.3 is 12.1 Å². The summed E-state index contributed by atoms with van der Waals surface area (Å²) in [7, 11) is 0. The minimum absolute atomic E-state index is 0.0277. The van der Waals surface area contributed by atoms with E-state index in [0.29, 0.717) is 24.7 Å². The van der Waals surface area contributed by atoms with Crippen molar-refractivity contribution in [3.8, 4) is 0 Å². The number of benzene rings is 1. The highest BCUT2D eigenvalue weighted by Crippen LogP contribution is 2.49. The van der Waals surface area contributed by atoms with E-state index in [-0.39, 0.29) is 23.7 Å². The van der Waals surface area contributed by atoms with E-state index in [0.717, 1.165) is 24.8 Å². The first-order valence-electron chi connectivity index (χ1n) is 9.62. The van der Waals surface area contributed by atoms with Crippen molar-refractivity contribution in [2.24, 2.45) is 5.92 Å². The molecule has 0 aromatic heterocycles. The van der Waals surface area contributed by atoms with Crippen LogP contribution >= 0.6 is 0 Å². The predicted octanol–water partition coefficient (Wildman–Crippen LogP) is 4.00. The van der Waals surface area contributed by atoms with Gasteiger partial charge in [0.2, 0.25) is 0 Å². The van der Waals surface area contributed by atoms with Gasteiger partial charge in [-0.15, -0.1) is 0 Å². The van der Waals surface area contributed by atoms with Crippen LogP contribution in [0.3, 0.4) is 0 Å². The minimum atomic E-state index is -0.515. The van der Waals surface area contributed by atoms with E-state index in [4.69, 9.17) is 14.2 Å². The van der Waals surface area contributed by atoms with Gasteiger partial charge in [-0.25, -0.2) is 9.59 Å². The van der Waals surface area contributed by atoms with Crippen LogP contribution in [0.2, 0.25) is 0 Å². The number of carbonyl (C=O) groups excluding carboxylic acids is 2. The Morgan fingerprint density at radius 2 is 1.96 bits per heavy atom. The molecule has 0 bridgehead atoms. The standard InChI is InChI=1S/C21H29NO5/c1-5-25-18(23)15-8-6-14(7-9-15)17-12-16-10-11-21(16,13-26-17)22-19(24)27-20(2,3)4/h6-9,16-17H,5,10-13H2,1-4H3,(H,22,24)/t16?,17?,21-/m1/s1. The van der Waals surface area contributed by atoms with Crippen molar-refractivity contribution in [2.45, 2.75) is 64.2 Å². The third kappa shape index (κ3) is 4.43. The Morgan fingerprint density at radius 3 is 2.48 bits per heavy atom. The van der Waals surface area contributed by atoms with Crippen LogP contribution in [-0.2, 0) is 14.2 Å². The Balaban J connectivity index is 1.60. The number of rotatable bonds is 4. The van der Waals surface area contributed by atoms with E-state index >= 15 is 0 Å². The largest absolute Gasteiger partial charge is 0.462 e. The Labute approximate surface area is 160 Å². The highest BCUT2D eigenvalue weighted by atomic mass is 16.6. The normalized spacial score (nSPS) is 27.1. The number of alkyl carbamates (subject to hydrolysis) is 1. The second-order valence-electron chi connectivity index (χ2n) is 8.40. The van der Waals surface area contributed by atoms with Crippen molar-refractivity contribution in [1.29, 1.82) is 0 Å². The first-order valence-corrected chi connectivity index (χ1v) is 9.62. The van der Waals surface area contributed by atoms with Gasteiger partial charge in [0.15, 0.2) is 0 Å². The Morgan fingerprint density at radius 1 is 1.26 bits per heavy atom. The Bertz CT molecular complexity index is 694. The second-order valence-corrected chi connectivity index (χ2v) is 8.40. The zero-order valence-corrected chi connectivity index (χ0v) is 16.5. The van der Waals surface area contributed by atoms with Crippen molar-refractivity contribution in [1.82, 2.24) is 5.32 Å². The monoisotopic (exact) mass is 375 g/mol. The van der Waals surface area contributed by atoms with Crippen LogP contribution in [0.4, 0.5) is 4.79 Å². The molecule has 3 atom stereocenters. The molecule has 6 heteroatoms. The summed E-state index contributed by atoms with van der Waals surface area (Å²) in [5.41, 5.74) is 0.754. The van der Waals surface area contributed by atoms with Gasteiger partial charge < -0.3 is 19.5 Å². The van der Waals surface area contributed by atoms with E-state index in [1.807, 2.05) is 32.9 Å². The minimum Gasteiger partial charge on any atom is -0.462 e. The van der Waals surface area contributed by atoms with Crippen molar-refractivity contribution in [2.75, 3.05) is 13.2 Å². The average Bonchev–Trinajstić information content (AvgIpc) is 2.57. The molecule has 148 valence electrons. The first kappa shape index (κ1) is 19.7. The summed E-state index contributed by atoms with van der Waals surface area (Å²) in [5, 5.41) is 3.05. The SMILES string of the molecule is CCOC(=O)c1ccc(C2CC3CC[C@@]3(NC(=O)OC(C)(C)C)CO2)cc1. The summed E-state index contributed by atoms with van der Waals surface area (Å²) in [5.74, 6) is 0.0571. The Kier molecular flexibility index (Phi) is 5.47. The molecule has 1 aromatic carbocycles.